The van der Waals surface area contributed by atoms with Gasteiger partial charge in [0.1, 0.15) is 17.1 Å². The van der Waals surface area contributed by atoms with Gasteiger partial charge < -0.3 is 14.5 Å². The van der Waals surface area contributed by atoms with Crippen molar-refractivity contribution in [3.63, 3.8) is 0 Å². The fraction of sp³-hybridized carbons (Fsp3) is 0.174. The first-order valence-corrected chi connectivity index (χ1v) is 10.6. The molecule has 0 saturated carbocycles. The van der Waals surface area contributed by atoms with Crippen molar-refractivity contribution in [2.24, 2.45) is 0 Å². The largest absolute Gasteiger partial charge is 0.493 e. The lowest BCUT2D eigenvalue weighted by molar-refractivity contribution is -0.115. The van der Waals surface area contributed by atoms with Crippen LogP contribution in [-0.4, -0.2) is 17.5 Å². The molecule has 4 aromatic rings. The summed E-state index contributed by atoms with van der Waals surface area (Å²) in [4.78, 5) is 29.0. The number of halogens is 1. The fourth-order valence-corrected chi connectivity index (χ4v) is 3.74. The number of nitrogens with zero attached hydrogens (tertiary/aromatic N) is 1. The number of rotatable bonds is 7. The topological polar surface area (TPSA) is 81.4 Å². The van der Waals surface area contributed by atoms with Crippen molar-refractivity contribution >= 4 is 33.3 Å². The van der Waals surface area contributed by atoms with E-state index in [1.54, 1.807) is 35.7 Å². The van der Waals surface area contributed by atoms with Crippen LogP contribution in [0.25, 0.3) is 22.2 Å². The summed E-state index contributed by atoms with van der Waals surface area (Å²) >= 11 is 1.18. The zero-order valence-electron chi connectivity index (χ0n) is 16.7. The summed E-state index contributed by atoms with van der Waals surface area (Å²) in [6.45, 7) is 2.59. The third-order valence-corrected chi connectivity index (χ3v) is 5.27. The van der Waals surface area contributed by atoms with Gasteiger partial charge in [0, 0.05) is 16.8 Å². The molecule has 0 aliphatic carbocycles. The van der Waals surface area contributed by atoms with Crippen LogP contribution in [0.1, 0.15) is 18.9 Å². The number of amides is 1. The first-order chi connectivity index (χ1) is 15.0. The lowest BCUT2D eigenvalue weighted by Crippen LogP contribution is -2.15. The summed E-state index contributed by atoms with van der Waals surface area (Å²) in [6, 6.07) is 13.1. The van der Waals surface area contributed by atoms with Crippen LogP contribution in [0.3, 0.4) is 0 Å². The molecule has 0 aliphatic heterocycles. The second-order valence-corrected chi connectivity index (χ2v) is 7.71. The maximum atomic E-state index is 13.7. The van der Waals surface area contributed by atoms with E-state index in [1.165, 1.54) is 17.4 Å². The molecule has 6 nitrogen and oxygen atoms in total. The Morgan fingerprint density at radius 2 is 2.06 bits per heavy atom. The molecule has 0 spiro atoms. The summed E-state index contributed by atoms with van der Waals surface area (Å²) in [5.74, 6) is -0.190. The normalized spacial score (nSPS) is 10.9. The average molecular weight is 438 g/mol. The molecule has 0 unspecified atom stereocenters. The van der Waals surface area contributed by atoms with E-state index in [2.05, 4.69) is 10.3 Å². The van der Waals surface area contributed by atoms with Crippen molar-refractivity contribution in [3.05, 3.63) is 75.7 Å². The highest BCUT2D eigenvalue weighted by Gasteiger charge is 2.14. The molecular formula is C23H19FN2O4S. The number of thiazole rings is 1. The molecule has 8 heteroatoms. The molecule has 2 aromatic carbocycles. The number of anilines is 1. The lowest BCUT2D eigenvalue weighted by Gasteiger charge is -2.06. The van der Waals surface area contributed by atoms with Gasteiger partial charge in [-0.3, -0.25) is 4.79 Å². The number of benzene rings is 2. The van der Waals surface area contributed by atoms with Crippen LogP contribution in [0.15, 0.2) is 63.1 Å². The minimum absolute atomic E-state index is 0.109. The molecule has 0 bridgehead atoms. The van der Waals surface area contributed by atoms with Gasteiger partial charge in [0.2, 0.25) is 5.91 Å². The highest BCUT2D eigenvalue weighted by Crippen LogP contribution is 2.27. The molecule has 2 heterocycles. The van der Waals surface area contributed by atoms with Crippen molar-refractivity contribution in [1.82, 2.24) is 4.98 Å². The van der Waals surface area contributed by atoms with Crippen LogP contribution < -0.4 is 15.7 Å². The van der Waals surface area contributed by atoms with Gasteiger partial charge in [-0.2, -0.15) is 0 Å². The Hall–Kier alpha value is -3.52. The van der Waals surface area contributed by atoms with Crippen molar-refractivity contribution in [2.75, 3.05) is 11.9 Å². The predicted molar refractivity (Wildman–Crippen MR) is 118 cm³/mol. The molecule has 1 amide bonds. The van der Waals surface area contributed by atoms with Gasteiger partial charge in [0.15, 0.2) is 5.13 Å². The van der Waals surface area contributed by atoms with Crippen molar-refractivity contribution < 1.29 is 18.3 Å². The first-order valence-electron chi connectivity index (χ1n) is 9.73. The zero-order valence-corrected chi connectivity index (χ0v) is 17.5. The summed E-state index contributed by atoms with van der Waals surface area (Å²) in [5, 5.41) is 5.36. The molecule has 2 aromatic heterocycles. The Balaban J connectivity index is 1.52. The van der Waals surface area contributed by atoms with Gasteiger partial charge in [0.05, 0.1) is 24.3 Å². The van der Waals surface area contributed by atoms with E-state index >= 15 is 0 Å². The number of hydrogen-bond acceptors (Lipinski definition) is 6. The Kier molecular flexibility index (Phi) is 6.08. The van der Waals surface area contributed by atoms with Gasteiger partial charge in [-0.05, 0) is 36.2 Å². The molecule has 0 aliphatic rings. The van der Waals surface area contributed by atoms with E-state index < -0.39 is 17.3 Å². The van der Waals surface area contributed by atoms with Crippen LogP contribution >= 0.6 is 11.3 Å². The van der Waals surface area contributed by atoms with Crippen molar-refractivity contribution in [1.29, 1.82) is 0 Å². The summed E-state index contributed by atoms with van der Waals surface area (Å²) in [5.41, 5.74) is 0.883. The molecule has 0 atom stereocenters. The number of carbonyl (C=O) groups excluding carboxylic acids is 1. The Morgan fingerprint density at radius 1 is 1.23 bits per heavy atom. The van der Waals surface area contributed by atoms with Gasteiger partial charge in [-0.15, -0.1) is 11.3 Å². The Morgan fingerprint density at radius 3 is 2.87 bits per heavy atom. The molecule has 4 rings (SSSR count). The average Bonchev–Trinajstić information content (AvgIpc) is 3.21. The number of carbonyl (C=O) groups is 1. The van der Waals surface area contributed by atoms with Crippen LogP contribution in [0.2, 0.25) is 0 Å². The van der Waals surface area contributed by atoms with E-state index in [9.17, 15) is 14.0 Å². The number of nitrogens with one attached hydrogen (secondary N) is 1. The summed E-state index contributed by atoms with van der Waals surface area (Å²) < 4.78 is 24.7. The highest BCUT2D eigenvalue weighted by atomic mass is 32.1. The highest BCUT2D eigenvalue weighted by molar-refractivity contribution is 7.14. The summed E-state index contributed by atoms with van der Waals surface area (Å²) in [6.07, 6.45) is 0.770. The minimum Gasteiger partial charge on any atom is -0.493 e. The third-order valence-electron chi connectivity index (χ3n) is 4.52. The lowest BCUT2D eigenvalue weighted by atomic mass is 10.1. The van der Waals surface area contributed by atoms with E-state index in [0.29, 0.717) is 39.9 Å². The maximum Gasteiger partial charge on any atom is 0.345 e. The standard InChI is InChI=1S/C23H19FN2O4S/c1-2-9-29-16-8-7-15-10-17(22(28)30-20(15)12-16)19-13-31-23(25-19)26-21(27)11-14-5-3-4-6-18(14)24/h3-8,10,12-13H,2,9,11H2,1H3,(H,25,26,27). The molecule has 0 fully saturated rings. The molecule has 158 valence electrons. The Bertz CT molecular complexity index is 1300. The number of ether oxygens (including phenoxy) is 1. The number of aromatic nitrogens is 1. The van der Waals surface area contributed by atoms with Gasteiger partial charge >= 0.3 is 5.63 Å². The van der Waals surface area contributed by atoms with E-state index in [4.69, 9.17) is 9.15 Å². The first kappa shape index (κ1) is 20.7. The van der Waals surface area contributed by atoms with E-state index in [0.717, 1.165) is 11.8 Å². The zero-order chi connectivity index (χ0) is 21.8. The van der Waals surface area contributed by atoms with E-state index in [-0.39, 0.29) is 6.42 Å². The summed E-state index contributed by atoms with van der Waals surface area (Å²) in [7, 11) is 0. The quantitative estimate of drug-likeness (QED) is 0.410. The molecule has 1 N–H and O–H groups in total. The number of fused-ring (bicyclic) bond motifs is 1. The fourth-order valence-electron chi connectivity index (χ4n) is 3.01. The van der Waals surface area contributed by atoms with Crippen LogP contribution in [-0.2, 0) is 11.2 Å². The third kappa shape index (κ3) is 4.80. The van der Waals surface area contributed by atoms with Gasteiger partial charge in [-0.25, -0.2) is 14.2 Å². The van der Waals surface area contributed by atoms with Gasteiger partial charge in [-0.1, -0.05) is 25.1 Å². The second-order valence-electron chi connectivity index (χ2n) is 6.85. The Labute approximate surface area is 181 Å². The minimum atomic E-state index is -0.533. The predicted octanol–water partition coefficient (Wildman–Crippen LogP) is 5.03. The molecule has 0 saturated heterocycles. The molecule has 0 radical (unpaired) electrons. The van der Waals surface area contributed by atoms with Gasteiger partial charge in [0.25, 0.3) is 0 Å². The van der Waals surface area contributed by atoms with Crippen LogP contribution in [0, 0.1) is 5.82 Å². The van der Waals surface area contributed by atoms with Crippen LogP contribution in [0.5, 0.6) is 5.75 Å². The monoisotopic (exact) mass is 438 g/mol. The van der Waals surface area contributed by atoms with Crippen molar-refractivity contribution in [3.8, 4) is 17.0 Å². The van der Waals surface area contributed by atoms with E-state index in [1.807, 2.05) is 19.1 Å². The van der Waals surface area contributed by atoms with Crippen LogP contribution in [0.4, 0.5) is 9.52 Å². The smallest absolute Gasteiger partial charge is 0.345 e. The van der Waals surface area contributed by atoms with Crippen molar-refractivity contribution in [2.45, 2.75) is 19.8 Å². The second kappa shape index (κ2) is 9.09. The molecule has 31 heavy (non-hydrogen) atoms. The maximum absolute atomic E-state index is 13.7. The number of hydrogen-bond donors (Lipinski definition) is 1. The SMILES string of the molecule is CCCOc1ccc2cc(-c3csc(NC(=O)Cc4ccccc4F)n3)c(=O)oc2c1. The molecular weight excluding hydrogens is 419 g/mol.